The van der Waals surface area contributed by atoms with E-state index in [9.17, 15) is 4.79 Å². The Labute approximate surface area is 231 Å². The summed E-state index contributed by atoms with van der Waals surface area (Å²) >= 11 is 7.30. The molecule has 9 heteroatoms. The zero-order valence-corrected chi connectivity index (χ0v) is 22.7. The van der Waals surface area contributed by atoms with Crippen molar-refractivity contribution in [2.45, 2.75) is 35.4 Å². The Morgan fingerprint density at radius 2 is 1.89 bits per heavy atom. The van der Waals surface area contributed by atoms with E-state index in [0.717, 1.165) is 21.4 Å². The van der Waals surface area contributed by atoms with Crippen molar-refractivity contribution in [1.29, 1.82) is 0 Å². The van der Waals surface area contributed by atoms with Crippen molar-refractivity contribution >= 4 is 40.7 Å². The lowest BCUT2D eigenvalue weighted by Gasteiger charge is -2.25. The highest BCUT2D eigenvalue weighted by Gasteiger charge is 2.41. The van der Waals surface area contributed by atoms with Crippen LogP contribution in [0, 0.1) is 6.92 Å². The lowest BCUT2D eigenvalue weighted by Crippen LogP contribution is -2.32. The van der Waals surface area contributed by atoms with Gasteiger partial charge >= 0.3 is 0 Å². The van der Waals surface area contributed by atoms with Crippen LogP contribution in [0.3, 0.4) is 0 Å². The van der Waals surface area contributed by atoms with Crippen LogP contribution in [0.15, 0.2) is 99.5 Å². The molecule has 1 aliphatic heterocycles. The summed E-state index contributed by atoms with van der Waals surface area (Å²) < 4.78 is 11.7. The number of para-hydroxylation sites is 2. The summed E-state index contributed by atoms with van der Waals surface area (Å²) in [6, 6.07) is 25.0. The minimum atomic E-state index is -0.260. The van der Waals surface area contributed by atoms with E-state index in [2.05, 4.69) is 46.8 Å². The van der Waals surface area contributed by atoms with Gasteiger partial charge in [-0.15, -0.1) is 0 Å². The maximum absolute atomic E-state index is 12.9. The summed E-state index contributed by atoms with van der Waals surface area (Å²) in [6.45, 7) is 2.47. The average Bonchev–Trinajstić information content (AvgIpc) is 3.53. The molecule has 194 valence electrons. The van der Waals surface area contributed by atoms with E-state index in [1.165, 1.54) is 5.56 Å². The topological polar surface area (TPSA) is 79.6 Å². The lowest BCUT2D eigenvalue weighted by molar-refractivity contribution is -0.116. The van der Waals surface area contributed by atoms with Crippen LogP contribution in [0.2, 0.25) is 0 Å². The number of nitrogens with zero attached hydrogens (tertiary/aromatic N) is 2. The largest absolute Gasteiger partial charge is 0.495 e. The third-order valence-corrected chi connectivity index (χ3v) is 7.57. The molecule has 2 aromatic heterocycles. The summed E-state index contributed by atoms with van der Waals surface area (Å²) in [7, 11) is 1.58. The molecule has 3 heterocycles. The number of aryl methyl sites for hydroxylation is 1. The monoisotopic (exact) mass is 544 g/mol. The van der Waals surface area contributed by atoms with Crippen molar-refractivity contribution in [2.24, 2.45) is 0 Å². The van der Waals surface area contributed by atoms with Crippen molar-refractivity contribution in [3.8, 4) is 5.75 Å². The van der Waals surface area contributed by atoms with Crippen LogP contribution in [0.5, 0.6) is 5.75 Å². The molecule has 5 rings (SSSR count). The van der Waals surface area contributed by atoms with Crippen LogP contribution >= 0.6 is 24.0 Å². The number of hydrogen-bond acceptors (Lipinski definition) is 6. The molecule has 0 spiro atoms. The molecule has 1 saturated heterocycles. The number of carbonyl (C=O) groups excluding carboxylic acids is 1. The van der Waals surface area contributed by atoms with Gasteiger partial charge in [0, 0.05) is 24.1 Å². The highest BCUT2D eigenvalue weighted by molar-refractivity contribution is 7.99. The molecule has 7 nitrogen and oxygen atoms in total. The van der Waals surface area contributed by atoms with Gasteiger partial charge in [-0.2, -0.15) is 0 Å². The van der Waals surface area contributed by atoms with E-state index in [4.69, 9.17) is 21.4 Å². The maximum atomic E-state index is 12.9. The standard InChI is InChI=1S/C29H28N4O3S2/c1-19-10-12-20(13-11-19)38-26-15-14-24(36-26)28-27(22-8-5-6-17-30-22)32-29(37)33(28)18-16-25(34)31-21-7-3-4-9-23(21)35-2/h3-15,17,27-28H,16,18H2,1-2H3,(H,31,34)(H,32,37)/t27-,28+/m1/s1. The van der Waals surface area contributed by atoms with Gasteiger partial charge in [-0.25, -0.2) is 0 Å². The zero-order valence-electron chi connectivity index (χ0n) is 21.1. The maximum Gasteiger partial charge on any atom is 0.226 e. The molecule has 1 aliphatic rings. The van der Waals surface area contributed by atoms with E-state index in [0.29, 0.717) is 23.1 Å². The van der Waals surface area contributed by atoms with Crippen molar-refractivity contribution < 1.29 is 13.9 Å². The smallest absolute Gasteiger partial charge is 0.226 e. The van der Waals surface area contributed by atoms with E-state index in [-0.39, 0.29) is 24.4 Å². The predicted octanol–water partition coefficient (Wildman–Crippen LogP) is 6.14. The van der Waals surface area contributed by atoms with Crippen LogP contribution in [0.25, 0.3) is 0 Å². The van der Waals surface area contributed by atoms with Gasteiger partial charge in [0.25, 0.3) is 0 Å². The minimum Gasteiger partial charge on any atom is -0.495 e. The SMILES string of the molecule is COc1ccccc1NC(=O)CCN1C(=S)N[C@H](c2ccccn2)[C@@H]1c1ccc(Sc2ccc(C)cc2)o1. The molecule has 0 radical (unpaired) electrons. The number of pyridine rings is 1. The second-order valence-electron chi connectivity index (χ2n) is 8.89. The van der Waals surface area contributed by atoms with Crippen LogP contribution < -0.4 is 15.4 Å². The van der Waals surface area contributed by atoms with Gasteiger partial charge in [0.05, 0.1) is 24.5 Å². The summed E-state index contributed by atoms with van der Waals surface area (Å²) in [5.41, 5.74) is 2.70. The summed E-state index contributed by atoms with van der Waals surface area (Å²) in [5.74, 6) is 1.24. The van der Waals surface area contributed by atoms with E-state index in [1.807, 2.05) is 59.5 Å². The minimum absolute atomic E-state index is 0.132. The summed E-state index contributed by atoms with van der Waals surface area (Å²) in [6.07, 6.45) is 2.00. The molecule has 0 unspecified atom stereocenters. The molecule has 4 aromatic rings. The number of furan rings is 1. The van der Waals surface area contributed by atoms with Gasteiger partial charge < -0.3 is 24.7 Å². The van der Waals surface area contributed by atoms with Crippen molar-refractivity contribution in [3.05, 3.63) is 102 Å². The number of carbonyl (C=O) groups is 1. The number of ether oxygens (including phenoxy) is 1. The Morgan fingerprint density at radius 1 is 1.11 bits per heavy atom. The fourth-order valence-corrected chi connectivity index (χ4v) is 5.52. The molecule has 2 aromatic carbocycles. The van der Waals surface area contributed by atoms with E-state index in [1.54, 1.807) is 25.1 Å². The predicted molar refractivity (Wildman–Crippen MR) is 152 cm³/mol. The highest BCUT2D eigenvalue weighted by atomic mass is 32.2. The first kappa shape index (κ1) is 25.8. The molecule has 2 atom stereocenters. The first-order chi connectivity index (χ1) is 18.5. The van der Waals surface area contributed by atoms with Crippen LogP contribution in [0.1, 0.15) is 35.5 Å². The molecule has 1 amide bonds. The molecule has 2 N–H and O–H groups in total. The molecule has 38 heavy (non-hydrogen) atoms. The number of hydrogen-bond donors (Lipinski definition) is 2. The number of methoxy groups -OCH3 is 1. The van der Waals surface area contributed by atoms with Crippen molar-refractivity contribution in [1.82, 2.24) is 15.2 Å². The second-order valence-corrected chi connectivity index (χ2v) is 10.4. The second kappa shape index (κ2) is 11.7. The number of anilines is 1. The first-order valence-corrected chi connectivity index (χ1v) is 13.5. The zero-order chi connectivity index (χ0) is 26.5. The van der Waals surface area contributed by atoms with Crippen molar-refractivity contribution in [2.75, 3.05) is 19.0 Å². The number of rotatable bonds is 9. The number of amides is 1. The van der Waals surface area contributed by atoms with Gasteiger partial charge in [0.1, 0.15) is 17.6 Å². The fraction of sp³-hybridized carbons (Fsp3) is 0.207. The Morgan fingerprint density at radius 3 is 2.66 bits per heavy atom. The average molecular weight is 545 g/mol. The molecular weight excluding hydrogens is 516 g/mol. The van der Waals surface area contributed by atoms with Crippen LogP contribution in [-0.2, 0) is 4.79 Å². The highest BCUT2D eigenvalue weighted by Crippen LogP contribution is 2.41. The summed E-state index contributed by atoms with van der Waals surface area (Å²) in [4.78, 5) is 20.6. The lowest BCUT2D eigenvalue weighted by atomic mass is 10.0. The fourth-order valence-electron chi connectivity index (χ4n) is 4.41. The van der Waals surface area contributed by atoms with Crippen LogP contribution in [-0.4, -0.2) is 34.6 Å². The third kappa shape index (κ3) is 5.84. The molecule has 0 saturated carbocycles. The quantitative estimate of drug-likeness (QED) is 0.243. The Bertz CT molecular complexity index is 1410. The Balaban J connectivity index is 1.36. The van der Waals surface area contributed by atoms with Gasteiger partial charge in [-0.1, -0.05) is 47.7 Å². The van der Waals surface area contributed by atoms with Crippen molar-refractivity contribution in [3.63, 3.8) is 0 Å². The normalized spacial score (nSPS) is 16.8. The van der Waals surface area contributed by atoms with E-state index < -0.39 is 0 Å². The number of nitrogens with one attached hydrogen (secondary N) is 2. The number of aromatic nitrogens is 1. The van der Waals surface area contributed by atoms with E-state index >= 15 is 0 Å². The van der Waals surface area contributed by atoms with Gasteiger partial charge in [0.2, 0.25) is 5.91 Å². The Hall–Kier alpha value is -3.82. The van der Waals surface area contributed by atoms with Crippen LogP contribution in [0.4, 0.5) is 5.69 Å². The summed E-state index contributed by atoms with van der Waals surface area (Å²) in [5, 5.41) is 7.68. The van der Waals surface area contributed by atoms with Gasteiger partial charge in [-0.05, 0) is 67.7 Å². The molecule has 0 bridgehead atoms. The number of thiocarbonyl (C=S) groups is 1. The molecule has 0 aliphatic carbocycles. The number of benzene rings is 2. The van der Waals surface area contributed by atoms with Gasteiger partial charge in [-0.3, -0.25) is 9.78 Å². The van der Waals surface area contributed by atoms with Gasteiger partial charge in [0.15, 0.2) is 10.2 Å². The Kier molecular flexibility index (Phi) is 7.95. The third-order valence-electron chi connectivity index (χ3n) is 6.29. The molecular formula is C29H28N4O3S2. The molecule has 1 fully saturated rings. The first-order valence-electron chi connectivity index (χ1n) is 12.3.